The number of piperidine rings is 1. The number of ether oxygens (including phenoxy) is 1. The van der Waals surface area contributed by atoms with Gasteiger partial charge in [-0.1, -0.05) is 18.5 Å². The summed E-state index contributed by atoms with van der Waals surface area (Å²) in [4.78, 5) is 2.59. The second-order valence-electron chi connectivity index (χ2n) is 5.84. The molecule has 3 nitrogen and oxygen atoms in total. The minimum atomic E-state index is 0.656. The highest BCUT2D eigenvalue weighted by molar-refractivity contribution is 6.32. The lowest BCUT2D eigenvalue weighted by Gasteiger charge is -2.41. The molecule has 1 aromatic rings. The van der Waals surface area contributed by atoms with Crippen molar-refractivity contribution in [3.05, 3.63) is 23.2 Å². The lowest BCUT2D eigenvalue weighted by molar-refractivity contribution is 0.361. The molecule has 0 amide bonds. The number of rotatable bonds is 4. The predicted molar refractivity (Wildman–Crippen MR) is 84.0 cm³/mol. The fourth-order valence-corrected chi connectivity index (χ4v) is 4.06. The SMILES string of the molecule is CCNC1CC2CCC(C1)N2c1ccc(Cl)c(OC)c1. The van der Waals surface area contributed by atoms with Crippen LogP contribution in [0.3, 0.4) is 0 Å². The summed E-state index contributed by atoms with van der Waals surface area (Å²) in [6.45, 7) is 3.26. The number of methoxy groups -OCH3 is 1. The first-order valence-corrected chi connectivity index (χ1v) is 7.96. The van der Waals surface area contributed by atoms with Gasteiger partial charge in [-0.3, -0.25) is 0 Å². The topological polar surface area (TPSA) is 24.5 Å². The highest BCUT2D eigenvalue weighted by atomic mass is 35.5. The average molecular weight is 295 g/mol. The Balaban J connectivity index is 1.82. The molecule has 2 fully saturated rings. The fraction of sp³-hybridized carbons (Fsp3) is 0.625. The molecule has 0 aliphatic carbocycles. The average Bonchev–Trinajstić information content (AvgIpc) is 2.71. The molecular formula is C16H23ClN2O. The summed E-state index contributed by atoms with van der Waals surface area (Å²) in [5.74, 6) is 0.775. The molecule has 1 aromatic carbocycles. The Bertz CT molecular complexity index is 466. The lowest BCUT2D eigenvalue weighted by atomic mass is 9.96. The van der Waals surface area contributed by atoms with E-state index >= 15 is 0 Å². The number of hydrogen-bond acceptors (Lipinski definition) is 3. The molecule has 0 aromatic heterocycles. The van der Waals surface area contributed by atoms with Crippen molar-refractivity contribution in [2.24, 2.45) is 0 Å². The number of benzene rings is 1. The lowest BCUT2D eigenvalue weighted by Crippen LogP contribution is -2.49. The maximum absolute atomic E-state index is 6.13. The molecule has 0 spiro atoms. The van der Waals surface area contributed by atoms with E-state index in [2.05, 4.69) is 29.3 Å². The molecule has 110 valence electrons. The summed E-state index contributed by atoms with van der Waals surface area (Å²) in [6.07, 6.45) is 5.10. The summed E-state index contributed by atoms with van der Waals surface area (Å²) in [5, 5.41) is 4.30. The summed E-state index contributed by atoms with van der Waals surface area (Å²) < 4.78 is 5.36. The summed E-state index contributed by atoms with van der Waals surface area (Å²) in [5.41, 5.74) is 1.26. The second kappa shape index (κ2) is 5.82. The van der Waals surface area contributed by atoms with Crippen molar-refractivity contribution in [3.63, 3.8) is 0 Å². The quantitative estimate of drug-likeness (QED) is 0.920. The van der Waals surface area contributed by atoms with Crippen LogP contribution >= 0.6 is 11.6 Å². The first-order valence-electron chi connectivity index (χ1n) is 7.58. The van der Waals surface area contributed by atoms with Crippen LogP contribution in [0.5, 0.6) is 5.75 Å². The number of anilines is 1. The third-order valence-corrected chi connectivity index (χ3v) is 4.97. The first kappa shape index (κ1) is 14.0. The molecule has 0 radical (unpaired) electrons. The molecule has 0 saturated carbocycles. The molecule has 2 aliphatic rings. The van der Waals surface area contributed by atoms with Crippen molar-refractivity contribution in [1.29, 1.82) is 0 Å². The Morgan fingerprint density at radius 3 is 2.60 bits per heavy atom. The Labute approximate surface area is 126 Å². The van der Waals surface area contributed by atoms with E-state index in [0.29, 0.717) is 23.1 Å². The van der Waals surface area contributed by atoms with Gasteiger partial charge < -0.3 is 15.0 Å². The van der Waals surface area contributed by atoms with Gasteiger partial charge in [-0.15, -0.1) is 0 Å². The fourth-order valence-electron chi connectivity index (χ4n) is 3.86. The Hall–Kier alpha value is -0.930. The van der Waals surface area contributed by atoms with Gasteiger partial charge >= 0.3 is 0 Å². The zero-order chi connectivity index (χ0) is 14.1. The normalized spacial score (nSPS) is 28.8. The van der Waals surface area contributed by atoms with Gasteiger partial charge in [0.2, 0.25) is 0 Å². The first-order chi connectivity index (χ1) is 9.72. The van der Waals surface area contributed by atoms with Crippen molar-refractivity contribution in [1.82, 2.24) is 5.32 Å². The van der Waals surface area contributed by atoms with Gasteiger partial charge in [0, 0.05) is 29.9 Å². The van der Waals surface area contributed by atoms with E-state index in [-0.39, 0.29) is 0 Å². The zero-order valence-electron chi connectivity index (χ0n) is 12.2. The highest BCUT2D eigenvalue weighted by Crippen LogP contribution is 2.41. The van der Waals surface area contributed by atoms with E-state index in [1.165, 1.54) is 31.4 Å². The summed E-state index contributed by atoms with van der Waals surface area (Å²) >= 11 is 6.13. The van der Waals surface area contributed by atoms with Crippen LogP contribution in [0, 0.1) is 0 Å². The van der Waals surface area contributed by atoms with Crippen LogP contribution in [0.4, 0.5) is 5.69 Å². The van der Waals surface area contributed by atoms with Crippen LogP contribution < -0.4 is 15.0 Å². The molecule has 2 atom stereocenters. The van der Waals surface area contributed by atoms with Crippen molar-refractivity contribution in [2.45, 2.75) is 50.7 Å². The van der Waals surface area contributed by atoms with Crippen molar-refractivity contribution in [3.8, 4) is 5.75 Å². The Morgan fingerprint density at radius 2 is 2.00 bits per heavy atom. The van der Waals surface area contributed by atoms with Crippen LogP contribution in [-0.4, -0.2) is 31.8 Å². The number of fused-ring (bicyclic) bond motifs is 2. The van der Waals surface area contributed by atoms with Crippen molar-refractivity contribution >= 4 is 17.3 Å². The third kappa shape index (κ3) is 2.49. The van der Waals surface area contributed by atoms with E-state index in [1.807, 2.05) is 6.07 Å². The third-order valence-electron chi connectivity index (χ3n) is 4.66. The molecule has 2 unspecified atom stereocenters. The molecule has 2 aliphatic heterocycles. The van der Waals surface area contributed by atoms with Gasteiger partial charge in [-0.05, 0) is 44.4 Å². The van der Waals surface area contributed by atoms with Gasteiger partial charge in [0.05, 0.1) is 12.1 Å². The molecule has 2 saturated heterocycles. The van der Waals surface area contributed by atoms with E-state index < -0.39 is 0 Å². The zero-order valence-corrected chi connectivity index (χ0v) is 13.0. The molecule has 1 N–H and O–H groups in total. The minimum Gasteiger partial charge on any atom is -0.495 e. The van der Waals surface area contributed by atoms with Crippen LogP contribution in [-0.2, 0) is 0 Å². The highest BCUT2D eigenvalue weighted by Gasteiger charge is 2.40. The monoisotopic (exact) mass is 294 g/mol. The van der Waals surface area contributed by atoms with E-state index in [4.69, 9.17) is 16.3 Å². The maximum Gasteiger partial charge on any atom is 0.139 e. The van der Waals surface area contributed by atoms with Crippen molar-refractivity contribution in [2.75, 3.05) is 18.6 Å². The Kier molecular flexibility index (Phi) is 4.08. The molecule has 3 rings (SSSR count). The van der Waals surface area contributed by atoms with Gasteiger partial charge in [0.15, 0.2) is 0 Å². The maximum atomic E-state index is 6.13. The number of nitrogens with one attached hydrogen (secondary N) is 1. The standard InChI is InChI=1S/C16H23ClN2O/c1-3-18-11-8-12-4-5-13(9-11)19(12)14-6-7-15(17)16(10-14)20-2/h6-7,10-13,18H,3-5,8-9H2,1-2H3. The van der Waals surface area contributed by atoms with Crippen LogP contribution in [0.25, 0.3) is 0 Å². The van der Waals surface area contributed by atoms with E-state index in [0.717, 1.165) is 12.3 Å². The van der Waals surface area contributed by atoms with Gasteiger partial charge in [0.25, 0.3) is 0 Å². The molecule has 4 heteroatoms. The smallest absolute Gasteiger partial charge is 0.139 e. The largest absolute Gasteiger partial charge is 0.495 e. The van der Waals surface area contributed by atoms with Gasteiger partial charge in [-0.2, -0.15) is 0 Å². The van der Waals surface area contributed by atoms with Crippen molar-refractivity contribution < 1.29 is 4.74 Å². The van der Waals surface area contributed by atoms with Gasteiger partial charge in [-0.25, -0.2) is 0 Å². The van der Waals surface area contributed by atoms with Crippen LogP contribution in [0.15, 0.2) is 18.2 Å². The molecule has 2 bridgehead atoms. The van der Waals surface area contributed by atoms with E-state index in [1.54, 1.807) is 7.11 Å². The Morgan fingerprint density at radius 1 is 1.30 bits per heavy atom. The molecule has 20 heavy (non-hydrogen) atoms. The number of halogens is 1. The second-order valence-corrected chi connectivity index (χ2v) is 6.24. The van der Waals surface area contributed by atoms with Gasteiger partial charge in [0.1, 0.15) is 5.75 Å². The summed E-state index contributed by atoms with van der Waals surface area (Å²) in [7, 11) is 1.68. The van der Waals surface area contributed by atoms with Crippen LogP contribution in [0.1, 0.15) is 32.6 Å². The number of hydrogen-bond donors (Lipinski definition) is 1. The predicted octanol–water partition coefficient (Wildman–Crippen LogP) is 3.46. The molecule has 2 heterocycles. The van der Waals surface area contributed by atoms with Crippen LogP contribution in [0.2, 0.25) is 5.02 Å². The molecular weight excluding hydrogens is 272 g/mol. The number of nitrogens with zero attached hydrogens (tertiary/aromatic N) is 1. The van der Waals surface area contributed by atoms with E-state index in [9.17, 15) is 0 Å². The summed E-state index contributed by atoms with van der Waals surface area (Å²) in [6, 6.07) is 8.16. The minimum absolute atomic E-state index is 0.656.